The monoisotopic (exact) mass is 231 g/mol. The SMILES string of the molecule is O=C(O)c1cccc(C(=O)Nc2cc[nH]c2)n1. The minimum Gasteiger partial charge on any atom is -0.477 e. The van der Waals surface area contributed by atoms with Gasteiger partial charge in [0.1, 0.15) is 11.4 Å². The molecule has 6 nitrogen and oxygen atoms in total. The van der Waals surface area contributed by atoms with Gasteiger partial charge in [-0.05, 0) is 18.2 Å². The van der Waals surface area contributed by atoms with Crippen molar-refractivity contribution in [2.75, 3.05) is 5.32 Å². The number of amides is 1. The molecule has 0 aliphatic heterocycles. The molecule has 0 spiro atoms. The van der Waals surface area contributed by atoms with Crippen molar-refractivity contribution in [3.05, 3.63) is 48.0 Å². The molecule has 2 rings (SSSR count). The molecule has 3 N–H and O–H groups in total. The molecule has 0 saturated carbocycles. The number of carbonyl (C=O) groups excluding carboxylic acids is 1. The minimum absolute atomic E-state index is 0.0612. The zero-order valence-electron chi connectivity index (χ0n) is 8.68. The van der Waals surface area contributed by atoms with Crippen LogP contribution in [0.15, 0.2) is 36.7 Å². The lowest BCUT2D eigenvalue weighted by atomic mass is 10.3. The molecule has 0 saturated heterocycles. The van der Waals surface area contributed by atoms with Gasteiger partial charge >= 0.3 is 5.97 Å². The van der Waals surface area contributed by atoms with Gasteiger partial charge < -0.3 is 15.4 Å². The zero-order valence-corrected chi connectivity index (χ0v) is 8.68. The molecule has 1 amide bonds. The van der Waals surface area contributed by atoms with Crippen LogP contribution in [0.4, 0.5) is 5.69 Å². The first-order chi connectivity index (χ1) is 8.16. The van der Waals surface area contributed by atoms with Crippen molar-refractivity contribution < 1.29 is 14.7 Å². The summed E-state index contributed by atoms with van der Waals surface area (Å²) >= 11 is 0. The highest BCUT2D eigenvalue weighted by atomic mass is 16.4. The maximum Gasteiger partial charge on any atom is 0.354 e. The summed E-state index contributed by atoms with van der Waals surface area (Å²) in [6.45, 7) is 0. The van der Waals surface area contributed by atoms with E-state index in [2.05, 4.69) is 15.3 Å². The average Bonchev–Trinajstić information content (AvgIpc) is 2.82. The Balaban J connectivity index is 2.19. The van der Waals surface area contributed by atoms with Crippen molar-refractivity contribution in [1.82, 2.24) is 9.97 Å². The highest BCUT2D eigenvalue weighted by Crippen LogP contribution is 2.07. The standard InChI is InChI=1S/C11H9N3O3/c15-10(13-7-4-5-12-6-7)8-2-1-3-9(14-8)11(16)17/h1-6,12H,(H,13,15)(H,16,17). The van der Waals surface area contributed by atoms with E-state index in [1.807, 2.05) is 0 Å². The molecule has 17 heavy (non-hydrogen) atoms. The van der Waals surface area contributed by atoms with Crippen LogP contribution in [0.3, 0.4) is 0 Å². The molecule has 0 atom stereocenters. The highest BCUT2D eigenvalue weighted by Gasteiger charge is 2.11. The highest BCUT2D eigenvalue weighted by molar-refractivity contribution is 6.03. The molecular formula is C11H9N3O3. The van der Waals surface area contributed by atoms with Gasteiger partial charge in [0.05, 0.1) is 5.69 Å². The lowest BCUT2D eigenvalue weighted by molar-refractivity contribution is 0.0690. The third-order valence-electron chi connectivity index (χ3n) is 2.06. The summed E-state index contributed by atoms with van der Waals surface area (Å²) in [6.07, 6.45) is 3.27. The number of H-pyrrole nitrogens is 1. The third kappa shape index (κ3) is 2.49. The summed E-state index contributed by atoms with van der Waals surface area (Å²) in [6, 6.07) is 5.94. The second-order valence-electron chi connectivity index (χ2n) is 3.27. The van der Waals surface area contributed by atoms with Crippen LogP contribution in [0.2, 0.25) is 0 Å². The molecule has 0 aromatic carbocycles. The summed E-state index contributed by atoms with van der Waals surface area (Å²) in [5, 5.41) is 11.3. The van der Waals surface area contributed by atoms with Crippen molar-refractivity contribution in [2.24, 2.45) is 0 Å². The van der Waals surface area contributed by atoms with Crippen molar-refractivity contribution in [2.45, 2.75) is 0 Å². The van der Waals surface area contributed by atoms with Crippen molar-refractivity contribution >= 4 is 17.6 Å². The van der Waals surface area contributed by atoms with E-state index in [-0.39, 0.29) is 11.4 Å². The fourth-order valence-corrected chi connectivity index (χ4v) is 1.28. The number of aromatic carboxylic acids is 1. The van der Waals surface area contributed by atoms with Crippen LogP contribution < -0.4 is 5.32 Å². The van der Waals surface area contributed by atoms with E-state index < -0.39 is 11.9 Å². The first-order valence-corrected chi connectivity index (χ1v) is 4.81. The Morgan fingerprint density at radius 3 is 2.65 bits per heavy atom. The van der Waals surface area contributed by atoms with Crippen LogP contribution in [0.5, 0.6) is 0 Å². The van der Waals surface area contributed by atoms with Gasteiger partial charge in [0.15, 0.2) is 0 Å². The number of nitrogens with zero attached hydrogens (tertiary/aromatic N) is 1. The Kier molecular flexibility index (Phi) is 2.87. The molecule has 0 aliphatic rings. The molecule has 0 fully saturated rings. The van der Waals surface area contributed by atoms with Gasteiger partial charge in [-0.1, -0.05) is 6.07 Å². The lowest BCUT2D eigenvalue weighted by Crippen LogP contribution is -2.15. The molecular weight excluding hydrogens is 222 g/mol. The lowest BCUT2D eigenvalue weighted by Gasteiger charge is -2.02. The van der Waals surface area contributed by atoms with E-state index >= 15 is 0 Å². The van der Waals surface area contributed by atoms with Gasteiger partial charge in [-0.3, -0.25) is 4.79 Å². The van der Waals surface area contributed by atoms with Gasteiger partial charge in [0.2, 0.25) is 0 Å². The third-order valence-corrected chi connectivity index (χ3v) is 2.06. The van der Waals surface area contributed by atoms with Gasteiger partial charge in [-0.15, -0.1) is 0 Å². The molecule has 2 aromatic heterocycles. The zero-order chi connectivity index (χ0) is 12.3. The maximum atomic E-state index is 11.7. The second-order valence-corrected chi connectivity index (χ2v) is 3.27. The van der Waals surface area contributed by atoms with Crippen LogP contribution in [0, 0.1) is 0 Å². The number of pyridine rings is 1. The fourth-order valence-electron chi connectivity index (χ4n) is 1.28. The van der Waals surface area contributed by atoms with Crippen LogP contribution in [0.25, 0.3) is 0 Å². The van der Waals surface area contributed by atoms with Crippen LogP contribution in [-0.4, -0.2) is 27.0 Å². The number of anilines is 1. The summed E-state index contributed by atoms with van der Waals surface area (Å²) in [5.74, 6) is -1.62. The predicted molar refractivity (Wildman–Crippen MR) is 59.9 cm³/mol. The molecule has 6 heteroatoms. The summed E-state index contributed by atoms with van der Waals surface area (Å²) < 4.78 is 0. The molecule has 2 heterocycles. The molecule has 0 aliphatic carbocycles. The van der Waals surface area contributed by atoms with Crippen molar-refractivity contribution in [1.29, 1.82) is 0 Å². The first kappa shape index (κ1) is 10.9. The Morgan fingerprint density at radius 1 is 1.24 bits per heavy atom. The smallest absolute Gasteiger partial charge is 0.354 e. The molecule has 2 aromatic rings. The molecule has 0 unspecified atom stereocenters. The summed E-state index contributed by atoms with van der Waals surface area (Å²) in [4.78, 5) is 28.9. The number of carboxylic acid groups (broad SMARTS) is 1. The van der Waals surface area contributed by atoms with E-state index in [4.69, 9.17) is 5.11 Å². The van der Waals surface area contributed by atoms with Crippen molar-refractivity contribution in [3.8, 4) is 0 Å². The number of carboxylic acids is 1. The first-order valence-electron chi connectivity index (χ1n) is 4.81. The fraction of sp³-hybridized carbons (Fsp3) is 0. The van der Waals surface area contributed by atoms with Gasteiger partial charge in [-0.25, -0.2) is 9.78 Å². The maximum absolute atomic E-state index is 11.7. The summed E-state index contributed by atoms with van der Waals surface area (Å²) in [5.41, 5.74) is 0.496. The Bertz CT molecular complexity index is 549. The van der Waals surface area contributed by atoms with E-state index in [1.165, 1.54) is 18.2 Å². The largest absolute Gasteiger partial charge is 0.477 e. The molecule has 86 valence electrons. The van der Waals surface area contributed by atoms with Gasteiger partial charge in [0.25, 0.3) is 5.91 Å². The van der Waals surface area contributed by atoms with Crippen molar-refractivity contribution in [3.63, 3.8) is 0 Å². The van der Waals surface area contributed by atoms with E-state index in [9.17, 15) is 9.59 Å². The topological polar surface area (TPSA) is 95.1 Å². The van der Waals surface area contributed by atoms with Gasteiger partial charge in [0, 0.05) is 12.4 Å². The normalized spacial score (nSPS) is 9.88. The quantitative estimate of drug-likeness (QED) is 0.743. The molecule has 0 radical (unpaired) electrons. The average molecular weight is 231 g/mol. The van der Waals surface area contributed by atoms with E-state index in [0.717, 1.165) is 0 Å². The summed E-state index contributed by atoms with van der Waals surface area (Å²) in [7, 11) is 0. The number of aromatic amines is 1. The van der Waals surface area contributed by atoms with Crippen LogP contribution >= 0.6 is 0 Å². The number of aromatic nitrogens is 2. The minimum atomic E-state index is -1.17. The number of hydrogen-bond donors (Lipinski definition) is 3. The molecule has 0 bridgehead atoms. The van der Waals surface area contributed by atoms with Crippen LogP contribution in [0.1, 0.15) is 21.0 Å². The van der Waals surface area contributed by atoms with E-state index in [1.54, 1.807) is 18.5 Å². The number of rotatable bonds is 3. The Hall–Kier alpha value is -2.63. The Morgan fingerprint density at radius 2 is 2.00 bits per heavy atom. The number of nitrogens with one attached hydrogen (secondary N) is 2. The Labute approximate surface area is 96.3 Å². The second kappa shape index (κ2) is 4.48. The number of carbonyl (C=O) groups is 2. The van der Waals surface area contributed by atoms with Crippen LogP contribution in [-0.2, 0) is 0 Å². The van der Waals surface area contributed by atoms with Gasteiger partial charge in [-0.2, -0.15) is 0 Å². The predicted octanol–water partition coefficient (Wildman–Crippen LogP) is 1.36. The van der Waals surface area contributed by atoms with E-state index in [0.29, 0.717) is 5.69 Å². The number of hydrogen-bond acceptors (Lipinski definition) is 3.